The fourth-order valence-electron chi connectivity index (χ4n) is 1.90. The molecule has 0 spiro atoms. The summed E-state index contributed by atoms with van der Waals surface area (Å²) < 4.78 is 0. The first-order valence-corrected chi connectivity index (χ1v) is 5.93. The molecule has 96 valence electrons. The molecule has 0 radical (unpaired) electrons. The van der Waals surface area contributed by atoms with Gasteiger partial charge in [-0.2, -0.15) is 0 Å². The van der Waals surface area contributed by atoms with Crippen LogP contribution in [0, 0.1) is 0 Å². The van der Waals surface area contributed by atoms with Gasteiger partial charge in [-0.25, -0.2) is 10.0 Å². The molecule has 1 heterocycles. The number of hydrogen-bond acceptors (Lipinski definition) is 4. The first kappa shape index (κ1) is 12.9. The molecule has 0 unspecified atom stereocenters. The molecule has 1 atom stereocenters. The molecule has 5 nitrogen and oxygen atoms in total. The van der Waals surface area contributed by atoms with Gasteiger partial charge in [0.2, 0.25) is 5.91 Å². The van der Waals surface area contributed by atoms with Gasteiger partial charge in [-0.15, -0.1) is 0 Å². The Kier molecular flexibility index (Phi) is 3.54. The molecule has 1 aromatic rings. The van der Waals surface area contributed by atoms with E-state index in [0.717, 1.165) is 10.7 Å². The van der Waals surface area contributed by atoms with Gasteiger partial charge in [-0.1, -0.05) is 11.6 Å². The summed E-state index contributed by atoms with van der Waals surface area (Å²) in [6.07, 6.45) is 0.166. The number of anilines is 1. The first-order chi connectivity index (χ1) is 8.49. The first-order valence-electron chi connectivity index (χ1n) is 5.55. The molecule has 0 bridgehead atoms. The molecule has 1 aromatic carbocycles. The van der Waals surface area contributed by atoms with Crippen LogP contribution in [0.4, 0.5) is 5.69 Å². The van der Waals surface area contributed by atoms with Crippen molar-refractivity contribution in [3.05, 3.63) is 29.3 Å². The van der Waals surface area contributed by atoms with Crippen LogP contribution < -0.4 is 5.32 Å². The summed E-state index contributed by atoms with van der Waals surface area (Å²) in [5.74, 6) is -0.434. The van der Waals surface area contributed by atoms with Crippen LogP contribution >= 0.6 is 11.6 Å². The van der Waals surface area contributed by atoms with Gasteiger partial charge in [0.15, 0.2) is 0 Å². The van der Waals surface area contributed by atoms with Gasteiger partial charge in [0, 0.05) is 24.8 Å². The van der Waals surface area contributed by atoms with Gasteiger partial charge in [0.1, 0.15) is 6.04 Å². The van der Waals surface area contributed by atoms with Gasteiger partial charge < -0.3 is 5.32 Å². The Labute approximate surface area is 110 Å². The molecule has 0 aliphatic carbocycles. The maximum absolute atomic E-state index is 12.0. The van der Waals surface area contributed by atoms with Crippen molar-refractivity contribution in [2.75, 3.05) is 19.4 Å². The van der Waals surface area contributed by atoms with E-state index < -0.39 is 6.04 Å². The maximum Gasteiger partial charge on any atom is 0.266 e. The number of benzene rings is 1. The van der Waals surface area contributed by atoms with E-state index in [2.05, 4.69) is 5.32 Å². The summed E-state index contributed by atoms with van der Waals surface area (Å²) in [6, 6.07) is 6.50. The minimum absolute atomic E-state index is 0.166. The predicted octanol–water partition coefficient (Wildman–Crippen LogP) is 1.36. The van der Waals surface area contributed by atoms with E-state index in [9.17, 15) is 9.59 Å². The van der Waals surface area contributed by atoms with Crippen molar-refractivity contribution in [2.24, 2.45) is 0 Å². The lowest BCUT2D eigenvalue weighted by molar-refractivity contribution is -0.152. The second-order valence-electron chi connectivity index (χ2n) is 4.30. The molecule has 1 aliphatic heterocycles. The average Bonchev–Trinajstić information content (AvgIpc) is 2.57. The molecule has 1 fully saturated rings. The molecule has 1 saturated heterocycles. The molecule has 18 heavy (non-hydrogen) atoms. The van der Waals surface area contributed by atoms with Crippen LogP contribution in [0.25, 0.3) is 0 Å². The monoisotopic (exact) mass is 267 g/mol. The summed E-state index contributed by atoms with van der Waals surface area (Å²) in [4.78, 5) is 23.7. The van der Waals surface area contributed by atoms with Gasteiger partial charge >= 0.3 is 0 Å². The van der Waals surface area contributed by atoms with Crippen molar-refractivity contribution in [3.8, 4) is 0 Å². The Morgan fingerprint density at radius 3 is 2.39 bits per heavy atom. The number of nitrogens with one attached hydrogen (secondary N) is 1. The molecule has 1 N–H and O–H groups in total. The van der Waals surface area contributed by atoms with Crippen LogP contribution in [0.3, 0.4) is 0 Å². The third-order valence-electron chi connectivity index (χ3n) is 2.71. The molecule has 1 aliphatic rings. The van der Waals surface area contributed by atoms with Gasteiger partial charge in [0.25, 0.3) is 5.91 Å². The van der Waals surface area contributed by atoms with Crippen LogP contribution in [-0.2, 0) is 9.59 Å². The minimum atomic E-state index is -0.513. The zero-order chi connectivity index (χ0) is 13.3. The van der Waals surface area contributed by atoms with Crippen molar-refractivity contribution in [3.63, 3.8) is 0 Å². The third kappa shape index (κ3) is 2.47. The normalized spacial score (nSPS) is 19.8. The van der Waals surface area contributed by atoms with Crippen molar-refractivity contribution in [1.29, 1.82) is 0 Å². The average molecular weight is 268 g/mol. The fourth-order valence-corrected chi connectivity index (χ4v) is 2.03. The summed E-state index contributed by atoms with van der Waals surface area (Å²) in [6.45, 7) is 0. The SMILES string of the molecule is CN(C)N1C(=O)C[C@@H](Nc2ccc(Cl)cc2)C1=O. The predicted molar refractivity (Wildman–Crippen MR) is 69.0 cm³/mol. The highest BCUT2D eigenvalue weighted by molar-refractivity contribution is 6.30. The van der Waals surface area contributed by atoms with Crippen molar-refractivity contribution < 1.29 is 9.59 Å². The van der Waals surface area contributed by atoms with E-state index >= 15 is 0 Å². The van der Waals surface area contributed by atoms with Crippen LogP contribution in [0.2, 0.25) is 5.02 Å². The number of imide groups is 1. The lowest BCUT2D eigenvalue weighted by Crippen LogP contribution is -2.43. The number of rotatable bonds is 3. The van der Waals surface area contributed by atoms with E-state index in [1.165, 1.54) is 5.01 Å². The number of hydrogen-bond donors (Lipinski definition) is 1. The fraction of sp³-hybridized carbons (Fsp3) is 0.333. The molecule has 0 aromatic heterocycles. The largest absolute Gasteiger partial charge is 0.373 e. The number of hydrazine groups is 1. The van der Waals surface area contributed by atoms with Crippen LogP contribution in [-0.4, -0.2) is 42.0 Å². The van der Waals surface area contributed by atoms with Crippen LogP contribution in [0.15, 0.2) is 24.3 Å². The zero-order valence-corrected chi connectivity index (χ0v) is 10.9. The van der Waals surface area contributed by atoms with Crippen molar-refractivity contribution in [2.45, 2.75) is 12.5 Å². The highest BCUT2D eigenvalue weighted by Crippen LogP contribution is 2.20. The quantitative estimate of drug-likeness (QED) is 0.840. The third-order valence-corrected chi connectivity index (χ3v) is 2.96. The van der Waals surface area contributed by atoms with Gasteiger partial charge in [-0.05, 0) is 24.3 Å². The lowest BCUT2D eigenvalue weighted by atomic mass is 10.2. The van der Waals surface area contributed by atoms with E-state index in [-0.39, 0.29) is 18.2 Å². The molecule has 0 saturated carbocycles. The van der Waals surface area contributed by atoms with Gasteiger partial charge in [0.05, 0.1) is 6.42 Å². The number of carbonyl (C=O) groups excluding carboxylic acids is 2. The second kappa shape index (κ2) is 4.96. The van der Waals surface area contributed by atoms with Crippen LogP contribution in [0.5, 0.6) is 0 Å². The standard InChI is InChI=1S/C12H14ClN3O2/c1-15(2)16-11(17)7-10(12(16)18)14-9-5-3-8(13)4-6-9/h3-6,10,14H,7H2,1-2H3/t10-/m1/s1. The smallest absolute Gasteiger partial charge is 0.266 e. The lowest BCUT2D eigenvalue weighted by Gasteiger charge is -2.22. The molecular formula is C12H14ClN3O2. The Morgan fingerprint density at radius 2 is 1.89 bits per heavy atom. The highest BCUT2D eigenvalue weighted by Gasteiger charge is 2.39. The topological polar surface area (TPSA) is 52.6 Å². The van der Waals surface area contributed by atoms with Crippen molar-refractivity contribution in [1.82, 2.24) is 10.0 Å². The van der Waals surface area contributed by atoms with Crippen molar-refractivity contribution >= 4 is 29.1 Å². The maximum atomic E-state index is 12.0. The number of amides is 2. The number of nitrogens with zero attached hydrogens (tertiary/aromatic N) is 2. The van der Waals surface area contributed by atoms with E-state index in [1.807, 2.05) is 0 Å². The Balaban J connectivity index is 2.10. The summed E-state index contributed by atoms with van der Waals surface area (Å²) >= 11 is 5.78. The van der Waals surface area contributed by atoms with E-state index in [0.29, 0.717) is 5.02 Å². The number of carbonyl (C=O) groups is 2. The molecule has 6 heteroatoms. The molecule has 2 rings (SSSR count). The Bertz CT molecular complexity index is 473. The van der Waals surface area contributed by atoms with E-state index in [1.54, 1.807) is 38.4 Å². The second-order valence-corrected chi connectivity index (χ2v) is 4.74. The molecule has 2 amide bonds. The number of halogens is 1. The summed E-state index contributed by atoms with van der Waals surface area (Å²) in [5.41, 5.74) is 0.770. The van der Waals surface area contributed by atoms with E-state index in [4.69, 9.17) is 11.6 Å². The minimum Gasteiger partial charge on any atom is -0.373 e. The Hall–Kier alpha value is -1.59. The highest BCUT2D eigenvalue weighted by atomic mass is 35.5. The van der Waals surface area contributed by atoms with Gasteiger partial charge in [-0.3, -0.25) is 9.59 Å². The Morgan fingerprint density at radius 1 is 1.28 bits per heavy atom. The summed E-state index contributed by atoms with van der Waals surface area (Å²) in [5, 5.41) is 6.31. The summed E-state index contributed by atoms with van der Waals surface area (Å²) in [7, 11) is 3.33. The zero-order valence-electron chi connectivity index (χ0n) is 10.2. The molecular weight excluding hydrogens is 254 g/mol. The van der Waals surface area contributed by atoms with Crippen LogP contribution in [0.1, 0.15) is 6.42 Å².